The Labute approximate surface area is 421 Å². The first-order chi connectivity index (χ1) is 34.1. The van der Waals surface area contributed by atoms with Gasteiger partial charge >= 0.3 is 0 Å². The Bertz CT molecular complexity index is 2440. The third kappa shape index (κ3) is 15.1. The lowest BCUT2D eigenvalue weighted by molar-refractivity contribution is -0.144. The van der Waals surface area contributed by atoms with Gasteiger partial charge in [0.1, 0.15) is 29.9 Å². The third-order valence-electron chi connectivity index (χ3n) is 13.7. The van der Waals surface area contributed by atoms with Gasteiger partial charge in [-0.15, -0.1) is 11.3 Å². The second-order valence-electron chi connectivity index (χ2n) is 20.5. The van der Waals surface area contributed by atoms with Crippen molar-refractivity contribution in [3.63, 3.8) is 0 Å². The van der Waals surface area contributed by atoms with Gasteiger partial charge in [0.15, 0.2) is 0 Å². The molecular formula is C53H72N10O7S. The molecule has 4 aromatic rings. The smallest absolute Gasteiger partial charge is 0.270 e. The molecule has 2 saturated heterocycles. The van der Waals surface area contributed by atoms with E-state index in [0.29, 0.717) is 38.3 Å². The number of aromatic nitrogens is 3. The lowest BCUT2D eigenvalue weighted by atomic mass is 9.85. The van der Waals surface area contributed by atoms with Gasteiger partial charge in [0.2, 0.25) is 23.6 Å². The summed E-state index contributed by atoms with van der Waals surface area (Å²) in [4.78, 5) is 85.6. The molecule has 5 amide bonds. The molecule has 18 heteroatoms. The van der Waals surface area contributed by atoms with Crippen LogP contribution in [-0.4, -0.2) is 139 Å². The number of benzene rings is 2. The summed E-state index contributed by atoms with van der Waals surface area (Å²) >= 11 is 1.58. The molecule has 2 aromatic carbocycles. The number of nitrogens with zero attached hydrogens (tertiary/aromatic N) is 6. The second kappa shape index (κ2) is 25.0. The van der Waals surface area contributed by atoms with Crippen LogP contribution in [0, 0.1) is 12.3 Å². The highest BCUT2D eigenvalue weighted by atomic mass is 32.1. The molecule has 0 bridgehead atoms. The van der Waals surface area contributed by atoms with E-state index in [1.165, 1.54) is 22.4 Å². The number of aliphatic hydroxyl groups excluding tert-OH is 2. The summed E-state index contributed by atoms with van der Waals surface area (Å²) in [6.07, 6.45) is 7.87. The second-order valence-corrected chi connectivity index (χ2v) is 21.3. The molecule has 6 N–H and O–H groups in total. The molecule has 3 aliphatic heterocycles. The lowest BCUT2D eigenvalue weighted by Gasteiger charge is -2.40. The number of rotatable bonds is 23. The Balaban J connectivity index is 0.724. The molecule has 7 rings (SSSR count). The van der Waals surface area contributed by atoms with E-state index in [2.05, 4.69) is 59.3 Å². The molecule has 0 spiro atoms. The fraction of sp³-hybridized carbons (Fsp3) is 0.547. The zero-order valence-corrected chi connectivity index (χ0v) is 42.5. The van der Waals surface area contributed by atoms with Crippen molar-refractivity contribution in [3.05, 3.63) is 94.5 Å². The monoisotopic (exact) mass is 993 g/mol. The lowest BCUT2D eigenvalue weighted by Crippen LogP contribution is -2.57. The summed E-state index contributed by atoms with van der Waals surface area (Å²) in [6, 6.07) is 16.2. The first-order valence-corrected chi connectivity index (χ1v) is 26.2. The van der Waals surface area contributed by atoms with E-state index in [4.69, 9.17) is 0 Å². The molecule has 5 heterocycles. The van der Waals surface area contributed by atoms with Crippen molar-refractivity contribution in [1.29, 1.82) is 0 Å². The van der Waals surface area contributed by atoms with Crippen molar-refractivity contribution in [2.45, 2.75) is 142 Å². The van der Waals surface area contributed by atoms with Crippen molar-refractivity contribution in [2.75, 3.05) is 44.6 Å². The van der Waals surface area contributed by atoms with Gasteiger partial charge in [-0.25, -0.2) is 15.0 Å². The number of fused-ring (bicyclic) bond motifs is 1. The van der Waals surface area contributed by atoms with Crippen LogP contribution in [0.5, 0.6) is 0 Å². The molecule has 3 aliphatic rings. The van der Waals surface area contributed by atoms with E-state index < -0.39 is 29.7 Å². The summed E-state index contributed by atoms with van der Waals surface area (Å²) in [7, 11) is 0. The van der Waals surface area contributed by atoms with Crippen molar-refractivity contribution in [3.8, 4) is 10.4 Å². The number of carbonyl (C=O) groups is 5. The molecule has 2 fully saturated rings. The van der Waals surface area contributed by atoms with Gasteiger partial charge in [-0.3, -0.25) is 28.9 Å². The van der Waals surface area contributed by atoms with Gasteiger partial charge in [-0.1, -0.05) is 101 Å². The molecule has 0 aliphatic carbocycles. The zero-order chi connectivity index (χ0) is 50.5. The third-order valence-corrected chi connectivity index (χ3v) is 14.6. The number of thiazole rings is 1. The number of hydrogen-bond donors (Lipinski definition) is 6. The van der Waals surface area contributed by atoms with E-state index in [-0.39, 0.29) is 73.7 Å². The average Bonchev–Trinajstić information content (AvgIpc) is 3.96. The topological polar surface area (TPSA) is 222 Å². The number of aryl methyl sites for hydroxylation is 1. The number of amides is 5. The Morgan fingerprint density at radius 1 is 0.859 bits per heavy atom. The number of unbranched alkanes of at least 4 members (excludes halogenated alkanes) is 6. The van der Waals surface area contributed by atoms with Crippen molar-refractivity contribution < 1.29 is 34.2 Å². The Hall–Kier alpha value is -5.82. The molecule has 17 nitrogen and oxygen atoms in total. The summed E-state index contributed by atoms with van der Waals surface area (Å²) in [5, 5.41) is 33.2. The average molecular weight is 993 g/mol. The van der Waals surface area contributed by atoms with Crippen LogP contribution in [-0.2, 0) is 38.7 Å². The molecule has 0 radical (unpaired) electrons. The molecule has 4 unspecified atom stereocenters. The van der Waals surface area contributed by atoms with E-state index in [9.17, 15) is 34.2 Å². The minimum Gasteiger partial charge on any atom is -0.391 e. The molecule has 71 heavy (non-hydrogen) atoms. The first-order valence-electron chi connectivity index (χ1n) is 25.3. The number of carbonyl (C=O) groups excluding carboxylic acids is 5. The number of β-amino-alcohol motifs (C(OH)–C–C–N with tert-alkyl or cyclic N) is 2. The number of nitrogens with one attached hydrogen (secondary N) is 4. The minimum absolute atomic E-state index is 0.0209. The highest BCUT2D eigenvalue weighted by molar-refractivity contribution is 7.13. The molecule has 4 atom stereocenters. The van der Waals surface area contributed by atoms with Gasteiger partial charge in [-0.2, -0.15) is 0 Å². The highest BCUT2D eigenvalue weighted by Crippen LogP contribution is 2.29. The van der Waals surface area contributed by atoms with Crippen molar-refractivity contribution in [1.82, 2.24) is 45.6 Å². The molecule has 0 saturated carbocycles. The van der Waals surface area contributed by atoms with Gasteiger partial charge in [0, 0.05) is 77.7 Å². The quantitative estimate of drug-likeness (QED) is 0.0541. The molecular weight excluding hydrogens is 921 g/mol. The molecule has 2 aromatic heterocycles. The van der Waals surface area contributed by atoms with Crippen LogP contribution in [0.2, 0.25) is 0 Å². The van der Waals surface area contributed by atoms with Crippen LogP contribution in [0.15, 0.2) is 66.4 Å². The first kappa shape index (κ1) is 53.0. The fourth-order valence-electron chi connectivity index (χ4n) is 9.53. The van der Waals surface area contributed by atoms with Crippen LogP contribution in [0.25, 0.3) is 10.4 Å². The summed E-state index contributed by atoms with van der Waals surface area (Å²) in [5.41, 5.74) is 6.95. The highest BCUT2D eigenvalue weighted by Gasteiger charge is 2.44. The standard InChI is InChI=1S/C53H72N10O7S/c1-35-48(71-34-58-35)38-20-18-36(19-21-38)26-54-51(69)44-24-41(64)32-63(44)52(70)49(53(2,3)4)60-46(66)16-10-8-6-5-7-9-11-17-47(67)62-29-40(30-62)59-45-25-43(56-33-57-45)50(68)55-27-42(65)31-61-23-22-37-14-12-13-15-39(37)28-61/h12-15,18-21,25,33-34,40-42,44,49,64-65H,5-11,16-17,22-24,26-32H2,1-4H3,(H,54,69)(H,55,68)(H,60,66)(H,56,57,59). The van der Waals surface area contributed by atoms with Gasteiger partial charge in [-0.05, 0) is 53.9 Å². The number of aliphatic hydroxyl groups is 2. The summed E-state index contributed by atoms with van der Waals surface area (Å²) in [5.74, 6) is -0.693. The maximum absolute atomic E-state index is 14.0. The number of likely N-dealkylation sites (tertiary alicyclic amines) is 2. The van der Waals surface area contributed by atoms with Crippen LogP contribution < -0.4 is 21.3 Å². The van der Waals surface area contributed by atoms with E-state index in [1.807, 2.05) is 68.4 Å². The minimum atomic E-state index is -0.867. The molecule has 382 valence electrons. The van der Waals surface area contributed by atoms with E-state index >= 15 is 0 Å². The van der Waals surface area contributed by atoms with Crippen molar-refractivity contribution in [2.24, 2.45) is 5.41 Å². The Kier molecular flexibility index (Phi) is 18.7. The number of hydrogen-bond acceptors (Lipinski definition) is 13. The SMILES string of the molecule is Cc1ncsc1-c1ccc(CNC(=O)C2CC(O)CN2C(=O)C(NC(=O)CCCCCCCCCC(=O)N2CC(Nc3cc(C(=O)NCC(O)CN4CCc5ccccc5C4)ncn3)C2)C(C)(C)C)cc1. The predicted molar refractivity (Wildman–Crippen MR) is 273 cm³/mol. The summed E-state index contributed by atoms with van der Waals surface area (Å²) < 4.78 is 0. The Morgan fingerprint density at radius 3 is 2.27 bits per heavy atom. The number of anilines is 1. The largest absolute Gasteiger partial charge is 0.391 e. The summed E-state index contributed by atoms with van der Waals surface area (Å²) in [6.45, 7) is 11.2. The fourth-order valence-corrected chi connectivity index (χ4v) is 10.3. The van der Waals surface area contributed by atoms with Gasteiger partial charge in [0.25, 0.3) is 5.91 Å². The van der Waals surface area contributed by atoms with Gasteiger partial charge in [0.05, 0.1) is 34.3 Å². The van der Waals surface area contributed by atoms with Crippen molar-refractivity contribution >= 4 is 46.7 Å². The van der Waals surface area contributed by atoms with Crippen LogP contribution in [0.4, 0.5) is 5.82 Å². The predicted octanol–water partition coefficient (Wildman–Crippen LogP) is 5.00. The Morgan fingerprint density at radius 2 is 1.56 bits per heavy atom. The zero-order valence-electron chi connectivity index (χ0n) is 41.7. The van der Waals surface area contributed by atoms with E-state index in [1.54, 1.807) is 17.4 Å². The maximum atomic E-state index is 14.0. The maximum Gasteiger partial charge on any atom is 0.270 e. The van der Waals surface area contributed by atoms with Crippen LogP contribution in [0.3, 0.4) is 0 Å². The van der Waals surface area contributed by atoms with Crippen LogP contribution >= 0.6 is 11.3 Å². The van der Waals surface area contributed by atoms with Gasteiger partial charge < -0.3 is 41.3 Å². The van der Waals surface area contributed by atoms with Crippen LogP contribution in [0.1, 0.15) is 118 Å². The normalized spacial score (nSPS) is 18.0. The van der Waals surface area contributed by atoms with E-state index in [0.717, 1.165) is 79.7 Å².